The molecule has 4 nitrogen and oxygen atoms in total. The van der Waals surface area contributed by atoms with Crippen LogP contribution < -0.4 is 0 Å². The smallest absolute Gasteiger partial charge is 0.258 e. The zero-order valence-electron chi connectivity index (χ0n) is 8.09. The van der Waals surface area contributed by atoms with Crippen molar-refractivity contribution in [1.29, 1.82) is 0 Å². The fraction of sp³-hybridized carbons (Fsp3) is 0.273. The number of nitrogens with zero attached hydrogens (tertiary/aromatic N) is 1. The van der Waals surface area contributed by atoms with Gasteiger partial charge in [0.2, 0.25) is 5.91 Å². The third-order valence-corrected chi connectivity index (χ3v) is 2.40. The van der Waals surface area contributed by atoms with Crippen molar-refractivity contribution in [1.82, 2.24) is 4.90 Å². The number of amides is 2. The van der Waals surface area contributed by atoms with Crippen LogP contribution in [0.5, 0.6) is 0 Å². The Bertz CT molecular complexity index is 388. The number of aliphatic hydroxyl groups excluding tert-OH is 1. The van der Waals surface area contributed by atoms with Crippen molar-refractivity contribution in [3.63, 3.8) is 0 Å². The lowest BCUT2D eigenvalue weighted by atomic mass is 10.2. The van der Waals surface area contributed by atoms with Gasteiger partial charge >= 0.3 is 0 Å². The summed E-state index contributed by atoms with van der Waals surface area (Å²) in [6.45, 7) is 0.246. The Kier molecular flexibility index (Phi) is 2.51. The van der Waals surface area contributed by atoms with Gasteiger partial charge in [-0.3, -0.25) is 14.5 Å². The molecule has 1 unspecified atom stereocenters. The first-order chi connectivity index (χ1) is 7.18. The van der Waals surface area contributed by atoms with E-state index in [-0.39, 0.29) is 18.9 Å². The Morgan fingerprint density at radius 1 is 1.27 bits per heavy atom. The van der Waals surface area contributed by atoms with E-state index in [0.29, 0.717) is 0 Å². The predicted molar refractivity (Wildman–Crippen MR) is 52.6 cm³/mol. The number of hydrogen-bond donors (Lipinski definition) is 1. The summed E-state index contributed by atoms with van der Waals surface area (Å²) in [6, 6.07) is 9.23. The molecule has 2 rings (SSSR count). The average molecular weight is 205 g/mol. The quantitative estimate of drug-likeness (QED) is 0.707. The van der Waals surface area contributed by atoms with Crippen LogP contribution in [-0.4, -0.2) is 27.9 Å². The molecule has 0 aliphatic carbocycles. The first kappa shape index (κ1) is 9.86. The molecule has 1 saturated heterocycles. The largest absolute Gasteiger partial charge is 0.383 e. The van der Waals surface area contributed by atoms with E-state index in [4.69, 9.17) is 0 Å². The third-order valence-electron chi connectivity index (χ3n) is 2.40. The Morgan fingerprint density at radius 3 is 2.47 bits per heavy atom. The number of carbonyl (C=O) groups excluding carboxylic acids is 2. The summed E-state index contributed by atoms with van der Waals surface area (Å²) in [5, 5.41) is 9.20. The van der Waals surface area contributed by atoms with Crippen LogP contribution >= 0.6 is 0 Å². The van der Waals surface area contributed by atoms with E-state index in [1.165, 1.54) is 0 Å². The van der Waals surface area contributed by atoms with E-state index in [0.717, 1.165) is 10.5 Å². The monoisotopic (exact) mass is 205 g/mol. The van der Waals surface area contributed by atoms with Gasteiger partial charge in [-0.25, -0.2) is 0 Å². The van der Waals surface area contributed by atoms with Crippen molar-refractivity contribution in [3.8, 4) is 0 Å². The van der Waals surface area contributed by atoms with E-state index in [9.17, 15) is 14.7 Å². The van der Waals surface area contributed by atoms with Crippen LogP contribution in [0.3, 0.4) is 0 Å². The van der Waals surface area contributed by atoms with Gasteiger partial charge in [0, 0.05) is 0 Å². The predicted octanol–water partition coefficient (Wildman–Crippen LogP) is 0.306. The van der Waals surface area contributed by atoms with E-state index < -0.39 is 12.0 Å². The standard InChI is InChI=1S/C11H11NO3/c13-9-6-10(14)12(11(9)15)7-8-4-2-1-3-5-8/h1-5,9,13H,6-7H2. The third kappa shape index (κ3) is 1.89. The van der Waals surface area contributed by atoms with Gasteiger partial charge in [0.05, 0.1) is 13.0 Å². The number of benzene rings is 1. The highest BCUT2D eigenvalue weighted by Crippen LogP contribution is 2.16. The van der Waals surface area contributed by atoms with Crippen LogP contribution in [0.1, 0.15) is 12.0 Å². The van der Waals surface area contributed by atoms with Crippen molar-refractivity contribution in [2.75, 3.05) is 0 Å². The molecule has 1 aromatic rings. The summed E-state index contributed by atoms with van der Waals surface area (Å²) < 4.78 is 0. The molecule has 1 heterocycles. The maximum Gasteiger partial charge on any atom is 0.258 e. The van der Waals surface area contributed by atoms with Crippen LogP contribution in [0.25, 0.3) is 0 Å². The van der Waals surface area contributed by atoms with E-state index in [2.05, 4.69) is 0 Å². The molecule has 0 spiro atoms. The van der Waals surface area contributed by atoms with E-state index in [1.54, 1.807) is 0 Å². The summed E-state index contributed by atoms with van der Waals surface area (Å²) in [5.41, 5.74) is 0.883. The molecule has 1 aliphatic rings. The van der Waals surface area contributed by atoms with Gasteiger partial charge in [-0.05, 0) is 5.56 Å². The van der Waals surface area contributed by atoms with E-state index in [1.807, 2.05) is 30.3 Å². The lowest BCUT2D eigenvalue weighted by Gasteiger charge is -2.13. The SMILES string of the molecule is O=C1CC(O)C(=O)N1Cc1ccccc1. The van der Waals surface area contributed by atoms with Crippen molar-refractivity contribution >= 4 is 11.8 Å². The van der Waals surface area contributed by atoms with Gasteiger partial charge in [-0.15, -0.1) is 0 Å². The molecule has 1 atom stereocenters. The number of aliphatic hydroxyl groups is 1. The highest BCUT2D eigenvalue weighted by atomic mass is 16.3. The summed E-state index contributed by atoms with van der Waals surface area (Å²) in [5.74, 6) is -0.805. The van der Waals surface area contributed by atoms with Crippen LogP contribution in [0.2, 0.25) is 0 Å². The number of carbonyl (C=O) groups is 2. The van der Waals surface area contributed by atoms with Crippen molar-refractivity contribution in [2.24, 2.45) is 0 Å². The fourth-order valence-corrected chi connectivity index (χ4v) is 1.60. The molecule has 4 heteroatoms. The number of likely N-dealkylation sites (tertiary alicyclic amines) is 1. The second-order valence-corrected chi connectivity index (χ2v) is 3.52. The molecule has 0 radical (unpaired) electrons. The van der Waals surface area contributed by atoms with Crippen molar-refractivity contribution < 1.29 is 14.7 Å². The number of imide groups is 1. The number of rotatable bonds is 2. The molecule has 15 heavy (non-hydrogen) atoms. The zero-order valence-corrected chi connectivity index (χ0v) is 8.09. The minimum atomic E-state index is -1.15. The number of hydrogen-bond acceptors (Lipinski definition) is 3. The van der Waals surface area contributed by atoms with Crippen molar-refractivity contribution in [2.45, 2.75) is 19.1 Å². The van der Waals surface area contributed by atoms with Gasteiger partial charge in [-0.2, -0.15) is 0 Å². The van der Waals surface area contributed by atoms with Crippen molar-refractivity contribution in [3.05, 3.63) is 35.9 Å². The van der Waals surface area contributed by atoms with Gasteiger partial charge in [0.25, 0.3) is 5.91 Å². The lowest BCUT2D eigenvalue weighted by Crippen LogP contribution is -2.31. The molecule has 0 aromatic heterocycles. The molecular formula is C11H11NO3. The van der Waals surface area contributed by atoms with E-state index >= 15 is 0 Å². The zero-order chi connectivity index (χ0) is 10.8. The Hall–Kier alpha value is -1.68. The molecule has 2 amide bonds. The topological polar surface area (TPSA) is 57.6 Å². The van der Waals surface area contributed by atoms with Gasteiger partial charge in [0.15, 0.2) is 0 Å². The fourth-order valence-electron chi connectivity index (χ4n) is 1.60. The molecule has 78 valence electrons. The second kappa shape index (κ2) is 3.82. The Labute approximate surface area is 87.1 Å². The maximum atomic E-state index is 11.4. The Balaban J connectivity index is 2.13. The second-order valence-electron chi connectivity index (χ2n) is 3.52. The van der Waals surface area contributed by atoms with Crippen LogP contribution in [-0.2, 0) is 16.1 Å². The summed E-state index contributed by atoms with van der Waals surface area (Å²) >= 11 is 0. The summed E-state index contributed by atoms with van der Waals surface area (Å²) in [7, 11) is 0. The lowest BCUT2D eigenvalue weighted by molar-refractivity contribution is -0.141. The molecular weight excluding hydrogens is 194 g/mol. The minimum Gasteiger partial charge on any atom is -0.383 e. The Morgan fingerprint density at radius 2 is 1.93 bits per heavy atom. The molecule has 1 fully saturated rings. The first-order valence-corrected chi connectivity index (χ1v) is 4.74. The molecule has 1 N–H and O–H groups in total. The highest BCUT2D eigenvalue weighted by molar-refractivity contribution is 6.04. The maximum absolute atomic E-state index is 11.4. The molecule has 1 aromatic carbocycles. The van der Waals surface area contributed by atoms with Gasteiger partial charge in [-0.1, -0.05) is 30.3 Å². The van der Waals surface area contributed by atoms with Gasteiger partial charge < -0.3 is 5.11 Å². The highest BCUT2D eigenvalue weighted by Gasteiger charge is 2.36. The average Bonchev–Trinajstić information content (AvgIpc) is 2.47. The molecule has 0 saturated carbocycles. The minimum absolute atomic E-state index is 0.0916. The van der Waals surface area contributed by atoms with Crippen LogP contribution in [0.4, 0.5) is 0 Å². The van der Waals surface area contributed by atoms with Crippen LogP contribution in [0.15, 0.2) is 30.3 Å². The molecule has 0 bridgehead atoms. The van der Waals surface area contributed by atoms with Gasteiger partial charge in [0.1, 0.15) is 6.10 Å². The summed E-state index contributed by atoms with van der Waals surface area (Å²) in [6.07, 6.45) is -1.24. The van der Waals surface area contributed by atoms with Crippen LogP contribution in [0, 0.1) is 0 Å². The first-order valence-electron chi connectivity index (χ1n) is 4.74. The normalized spacial score (nSPS) is 21.1. The summed E-state index contributed by atoms with van der Waals surface area (Å²) in [4.78, 5) is 23.8. The molecule has 1 aliphatic heterocycles.